The molecule has 0 spiro atoms. The molecule has 1 N–H and O–H groups in total. The van der Waals surface area contributed by atoms with Crippen molar-refractivity contribution in [2.45, 2.75) is 6.04 Å². The van der Waals surface area contributed by atoms with E-state index in [4.69, 9.17) is 0 Å². The monoisotopic (exact) mass is 355 g/mol. The van der Waals surface area contributed by atoms with Crippen LogP contribution >= 0.6 is 11.3 Å². The van der Waals surface area contributed by atoms with Gasteiger partial charge in [-0.25, -0.2) is 8.78 Å². The Kier molecular flexibility index (Phi) is 5.36. The minimum absolute atomic E-state index is 0.285. The van der Waals surface area contributed by atoms with E-state index < -0.39 is 0 Å². The number of hydrogen-bond acceptors (Lipinski definition) is 2. The van der Waals surface area contributed by atoms with Gasteiger partial charge in [0.25, 0.3) is 0 Å². The van der Waals surface area contributed by atoms with E-state index in [2.05, 4.69) is 5.32 Å². The minimum atomic E-state index is -0.356. The lowest BCUT2D eigenvalue weighted by Crippen LogP contribution is -2.27. The lowest BCUT2D eigenvalue weighted by molar-refractivity contribution is -0.116. The summed E-state index contributed by atoms with van der Waals surface area (Å²) in [5.74, 6) is -0.932. The molecule has 0 saturated carbocycles. The van der Waals surface area contributed by atoms with Crippen LogP contribution in [0.4, 0.5) is 8.78 Å². The highest BCUT2D eigenvalue weighted by atomic mass is 32.1. The Balaban J connectivity index is 1.77. The molecule has 2 nitrogen and oxygen atoms in total. The first-order valence-corrected chi connectivity index (χ1v) is 8.53. The largest absolute Gasteiger partial charge is 0.341 e. The van der Waals surface area contributed by atoms with Gasteiger partial charge in [-0.15, -0.1) is 11.3 Å². The fourth-order valence-electron chi connectivity index (χ4n) is 2.37. The maximum Gasteiger partial charge on any atom is 0.244 e. The van der Waals surface area contributed by atoms with Gasteiger partial charge in [0.1, 0.15) is 11.6 Å². The van der Waals surface area contributed by atoms with Crippen molar-refractivity contribution in [3.05, 3.63) is 99.8 Å². The molecule has 1 aromatic heterocycles. The normalized spacial score (nSPS) is 12.2. The predicted molar refractivity (Wildman–Crippen MR) is 96.1 cm³/mol. The van der Waals surface area contributed by atoms with E-state index in [-0.39, 0.29) is 23.6 Å². The summed E-state index contributed by atoms with van der Waals surface area (Å²) in [4.78, 5) is 13.2. The van der Waals surface area contributed by atoms with Crippen LogP contribution in [-0.2, 0) is 4.79 Å². The van der Waals surface area contributed by atoms with Crippen LogP contribution in [0.3, 0.4) is 0 Å². The van der Waals surface area contributed by atoms with Crippen LogP contribution in [0.2, 0.25) is 0 Å². The number of amides is 1. The predicted octanol–water partition coefficient (Wildman–Crippen LogP) is 4.95. The molecule has 0 aliphatic carbocycles. The van der Waals surface area contributed by atoms with Gasteiger partial charge in [0.05, 0.1) is 6.04 Å². The molecule has 1 amide bonds. The Hall–Kier alpha value is -2.79. The number of hydrogen-bond donors (Lipinski definition) is 1. The van der Waals surface area contributed by atoms with Gasteiger partial charge in [-0.2, -0.15) is 0 Å². The zero-order chi connectivity index (χ0) is 17.6. The molecule has 0 bridgehead atoms. The molecule has 2 aromatic carbocycles. The number of halogens is 2. The third-order valence-corrected chi connectivity index (χ3v) is 4.55. The van der Waals surface area contributed by atoms with Crippen molar-refractivity contribution in [3.8, 4) is 0 Å². The molecule has 0 aliphatic heterocycles. The molecule has 1 heterocycles. The summed E-state index contributed by atoms with van der Waals surface area (Å²) in [5.41, 5.74) is 1.53. The smallest absolute Gasteiger partial charge is 0.244 e. The van der Waals surface area contributed by atoms with E-state index in [0.717, 1.165) is 16.0 Å². The van der Waals surface area contributed by atoms with E-state index in [1.165, 1.54) is 41.7 Å². The average molecular weight is 355 g/mol. The summed E-state index contributed by atoms with van der Waals surface area (Å²) in [6.45, 7) is 0. The highest BCUT2D eigenvalue weighted by Gasteiger charge is 2.16. The van der Waals surface area contributed by atoms with E-state index in [1.54, 1.807) is 30.3 Å². The lowest BCUT2D eigenvalue weighted by Gasteiger charge is -2.17. The topological polar surface area (TPSA) is 29.1 Å². The molecule has 5 heteroatoms. The van der Waals surface area contributed by atoms with Crippen LogP contribution in [0.15, 0.2) is 72.1 Å². The van der Waals surface area contributed by atoms with Gasteiger partial charge in [0, 0.05) is 11.0 Å². The van der Waals surface area contributed by atoms with Crippen molar-refractivity contribution in [1.82, 2.24) is 5.32 Å². The zero-order valence-electron chi connectivity index (χ0n) is 13.2. The van der Waals surface area contributed by atoms with Crippen LogP contribution in [0, 0.1) is 11.6 Å². The standard InChI is InChI=1S/C20H15F2NOS/c21-16-8-3-14(4-9-16)5-12-19(24)23-20(18-2-1-13-25-18)15-6-10-17(22)11-7-15/h1-13,20H,(H,23,24)/b12-5+. The SMILES string of the molecule is O=C(/C=C/c1ccc(F)cc1)NC(c1ccc(F)cc1)c1cccs1. The maximum atomic E-state index is 13.2. The zero-order valence-corrected chi connectivity index (χ0v) is 14.0. The van der Waals surface area contributed by atoms with Crippen molar-refractivity contribution in [2.24, 2.45) is 0 Å². The molecule has 1 unspecified atom stereocenters. The van der Waals surface area contributed by atoms with Crippen molar-refractivity contribution in [1.29, 1.82) is 0 Å². The van der Waals surface area contributed by atoms with Gasteiger partial charge in [0.15, 0.2) is 0 Å². The van der Waals surface area contributed by atoms with Gasteiger partial charge in [0.2, 0.25) is 5.91 Å². The summed E-state index contributed by atoms with van der Waals surface area (Å²) < 4.78 is 26.1. The molecule has 126 valence electrons. The molecular formula is C20H15F2NOS. The molecule has 3 rings (SSSR count). The summed E-state index contributed by atoms with van der Waals surface area (Å²) >= 11 is 1.51. The van der Waals surface area contributed by atoms with E-state index in [9.17, 15) is 13.6 Å². The quantitative estimate of drug-likeness (QED) is 0.645. The second-order valence-electron chi connectivity index (χ2n) is 5.39. The number of nitrogens with one attached hydrogen (secondary N) is 1. The van der Waals surface area contributed by atoms with Crippen molar-refractivity contribution >= 4 is 23.3 Å². The summed E-state index contributed by atoms with van der Waals surface area (Å²) in [6, 6.07) is 15.4. The van der Waals surface area contributed by atoms with Crippen LogP contribution in [0.25, 0.3) is 6.08 Å². The minimum Gasteiger partial charge on any atom is -0.341 e. The molecule has 0 saturated heterocycles. The Labute approximate surface area is 148 Å². The second kappa shape index (κ2) is 7.85. The van der Waals surface area contributed by atoms with Crippen LogP contribution in [-0.4, -0.2) is 5.91 Å². The molecule has 0 fully saturated rings. The fourth-order valence-corrected chi connectivity index (χ4v) is 3.17. The number of carbonyl (C=O) groups excluding carboxylic acids is 1. The van der Waals surface area contributed by atoms with Gasteiger partial charge < -0.3 is 5.32 Å². The van der Waals surface area contributed by atoms with Gasteiger partial charge in [-0.3, -0.25) is 4.79 Å². The van der Waals surface area contributed by atoms with Crippen LogP contribution < -0.4 is 5.32 Å². The molecule has 3 aromatic rings. The van der Waals surface area contributed by atoms with Crippen molar-refractivity contribution in [3.63, 3.8) is 0 Å². The molecule has 0 radical (unpaired) electrons. The highest BCUT2D eigenvalue weighted by Crippen LogP contribution is 2.26. The number of rotatable bonds is 5. The highest BCUT2D eigenvalue weighted by molar-refractivity contribution is 7.10. The lowest BCUT2D eigenvalue weighted by atomic mass is 10.1. The Morgan fingerprint density at radius 2 is 1.60 bits per heavy atom. The van der Waals surface area contributed by atoms with Crippen molar-refractivity contribution in [2.75, 3.05) is 0 Å². The molecule has 25 heavy (non-hydrogen) atoms. The van der Waals surface area contributed by atoms with Crippen molar-refractivity contribution < 1.29 is 13.6 Å². The first-order chi connectivity index (χ1) is 12.1. The third-order valence-electron chi connectivity index (χ3n) is 3.61. The van der Waals surface area contributed by atoms with Gasteiger partial charge in [-0.05, 0) is 52.9 Å². The van der Waals surface area contributed by atoms with Crippen LogP contribution in [0.1, 0.15) is 22.0 Å². The van der Waals surface area contributed by atoms with Gasteiger partial charge >= 0.3 is 0 Å². The van der Waals surface area contributed by atoms with E-state index in [0.29, 0.717) is 0 Å². The molecule has 1 atom stereocenters. The van der Waals surface area contributed by atoms with Gasteiger partial charge in [-0.1, -0.05) is 30.3 Å². The number of carbonyl (C=O) groups is 1. The first-order valence-electron chi connectivity index (χ1n) is 7.65. The van der Waals surface area contributed by atoms with Crippen LogP contribution in [0.5, 0.6) is 0 Å². The third kappa shape index (κ3) is 4.61. The average Bonchev–Trinajstić information content (AvgIpc) is 3.14. The van der Waals surface area contributed by atoms with E-state index in [1.807, 2.05) is 17.5 Å². The summed E-state index contributed by atoms with van der Waals surface area (Å²) in [5, 5.41) is 4.85. The molecular weight excluding hydrogens is 340 g/mol. The Bertz CT molecular complexity index is 856. The maximum absolute atomic E-state index is 13.2. The number of benzene rings is 2. The summed E-state index contributed by atoms with van der Waals surface area (Å²) in [6.07, 6.45) is 3.02. The summed E-state index contributed by atoms with van der Waals surface area (Å²) in [7, 11) is 0. The first kappa shape index (κ1) is 17.0. The fraction of sp³-hybridized carbons (Fsp3) is 0.0500. The number of thiophene rings is 1. The molecule has 0 aliphatic rings. The Morgan fingerprint density at radius 3 is 2.20 bits per heavy atom. The Morgan fingerprint density at radius 1 is 0.960 bits per heavy atom. The second-order valence-corrected chi connectivity index (χ2v) is 6.37. The van der Waals surface area contributed by atoms with E-state index >= 15 is 0 Å².